The largest absolute Gasteiger partial charge is 0.390 e. The van der Waals surface area contributed by atoms with Gasteiger partial charge in [-0.15, -0.1) is 0 Å². The van der Waals surface area contributed by atoms with Gasteiger partial charge in [0, 0.05) is 31.4 Å². The van der Waals surface area contributed by atoms with E-state index in [0.717, 1.165) is 11.3 Å². The molecule has 0 aromatic rings. The van der Waals surface area contributed by atoms with Crippen LogP contribution in [0.25, 0.3) is 0 Å². The Hall–Kier alpha value is -1.40. The number of amides is 2. The van der Waals surface area contributed by atoms with Crippen molar-refractivity contribution in [3.8, 4) is 0 Å². The summed E-state index contributed by atoms with van der Waals surface area (Å²) in [4.78, 5) is 17.1. The molecule has 6 heteroatoms. The number of rotatable bonds is 4. The summed E-state index contributed by atoms with van der Waals surface area (Å²) in [5, 5.41) is 10.3. The van der Waals surface area contributed by atoms with Gasteiger partial charge in [-0.2, -0.15) is 10.5 Å². The van der Waals surface area contributed by atoms with Crippen molar-refractivity contribution < 1.29 is 14.3 Å². The maximum atomic E-state index is 12.7. The van der Waals surface area contributed by atoms with Crippen molar-refractivity contribution in [2.45, 2.75) is 37.0 Å². The zero-order valence-corrected chi connectivity index (χ0v) is 15.2. The zero-order valence-electron chi connectivity index (χ0n) is 14.3. The van der Waals surface area contributed by atoms with Gasteiger partial charge in [0.05, 0.1) is 5.60 Å². The van der Waals surface area contributed by atoms with Crippen molar-refractivity contribution in [2.24, 2.45) is 0 Å². The number of urea groups is 1. The number of carbonyl (C=O) groups excluding carboxylic acids is 1. The molecule has 2 unspecified atom stereocenters. The lowest BCUT2D eigenvalue weighted by molar-refractivity contribution is 0.00127. The molecule has 4 nitrogen and oxygen atoms in total. The highest BCUT2D eigenvalue weighted by Crippen LogP contribution is 2.35. The Morgan fingerprint density at radius 2 is 1.88 bits per heavy atom. The Kier molecular flexibility index (Phi) is 6.04. The number of hydrogen-bond acceptors (Lipinski definition) is 2. The quantitative estimate of drug-likeness (QED) is 0.622. The van der Waals surface area contributed by atoms with Gasteiger partial charge in [0.15, 0.2) is 0 Å². The first-order valence-electron chi connectivity index (χ1n) is 8.20. The van der Waals surface area contributed by atoms with Gasteiger partial charge in [-0.1, -0.05) is 19.0 Å². The molecule has 2 saturated heterocycles. The average Bonchev–Trinajstić information content (AvgIpc) is 3.01. The van der Waals surface area contributed by atoms with Crippen LogP contribution in [-0.4, -0.2) is 63.8 Å². The third kappa shape index (κ3) is 4.80. The van der Waals surface area contributed by atoms with Crippen LogP contribution in [0.3, 0.4) is 0 Å². The number of hydrogen-bond donors (Lipinski definition) is 1. The monoisotopic (exact) mass is 354 g/mol. The van der Waals surface area contributed by atoms with E-state index in [4.69, 9.17) is 0 Å². The molecule has 0 radical (unpaired) electrons. The predicted molar refractivity (Wildman–Crippen MR) is 100 cm³/mol. The number of carbonyl (C=O) groups is 1. The van der Waals surface area contributed by atoms with Gasteiger partial charge < -0.3 is 14.9 Å². The van der Waals surface area contributed by atoms with Crippen LogP contribution in [0.1, 0.15) is 26.2 Å². The van der Waals surface area contributed by atoms with Crippen LogP contribution in [0.2, 0.25) is 0 Å². The van der Waals surface area contributed by atoms with Crippen LogP contribution in [0, 0.1) is 0 Å². The first-order valence-corrected chi connectivity index (χ1v) is 9.66. The maximum absolute atomic E-state index is 12.7. The third-order valence-electron chi connectivity index (χ3n) is 4.72. The normalized spacial score (nSPS) is 25.0. The summed E-state index contributed by atoms with van der Waals surface area (Å²) in [6.07, 6.45) is 5.03. The highest BCUT2D eigenvalue weighted by molar-refractivity contribution is 8.18. The number of piperidine rings is 1. The van der Waals surface area contributed by atoms with E-state index in [2.05, 4.69) is 19.0 Å². The van der Waals surface area contributed by atoms with Gasteiger partial charge in [0.2, 0.25) is 0 Å². The van der Waals surface area contributed by atoms with E-state index < -0.39 is 11.4 Å². The van der Waals surface area contributed by atoms with Gasteiger partial charge in [-0.25, -0.2) is 9.18 Å². The minimum Gasteiger partial charge on any atom is -0.390 e. The molecular formula is C18H27FN2O2S. The van der Waals surface area contributed by atoms with Crippen LogP contribution in [0.4, 0.5) is 9.18 Å². The van der Waals surface area contributed by atoms with Crippen molar-refractivity contribution in [1.29, 1.82) is 0 Å². The second kappa shape index (κ2) is 7.66. The second-order valence-electron chi connectivity index (χ2n) is 6.80. The highest BCUT2D eigenvalue weighted by Gasteiger charge is 2.34. The van der Waals surface area contributed by atoms with Crippen molar-refractivity contribution in [1.82, 2.24) is 9.80 Å². The van der Waals surface area contributed by atoms with Crippen LogP contribution < -0.4 is 0 Å². The van der Waals surface area contributed by atoms with Crippen molar-refractivity contribution in [2.75, 3.05) is 26.2 Å². The number of aliphatic hydroxyl groups is 1. The van der Waals surface area contributed by atoms with Crippen molar-refractivity contribution in [3.05, 3.63) is 36.0 Å². The molecule has 0 aromatic carbocycles. The molecule has 1 N–H and O–H groups in total. The summed E-state index contributed by atoms with van der Waals surface area (Å²) in [5.74, 6) is 3.66. The summed E-state index contributed by atoms with van der Waals surface area (Å²) >= 11 is 0. The first-order chi connectivity index (χ1) is 11.2. The molecule has 2 aliphatic heterocycles. The molecule has 0 spiro atoms. The molecule has 0 aliphatic carbocycles. The first kappa shape index (κ1) is 18.9. The molecule has 134 valence electrons. The predicted octanol–water partition coefficient (Wildman–Crippen LogP) is 3.28. The molecular weight excluding hydrogens is 327 g/mol. The minimum absolute atomic E-state index is 0.0447. The number of nitrogens with zero attached hydrogens (tertiary/aromatic N) is 2. The number of likely N-dealkylation sites (tertiary alicyclic amines) is 2. The summed E-state index contributed by atoms with van der Waals surface area (Å²) in [5.41, 5.74) is -0.658. The van der Waals surface area contributed by atoms with Crippen LogP contribution >= 0.6 is 10.5 Å². The molecule has 2 atom stereocenters. The van der Waals surface area contributed by atoms with Gasteiger partial charge in [-0.3, -0.25) is 0 Å². The Labute approximate surface area is 146 Å². The number of allylic oxidation sites excluding steroid dienone is 3. The zero-order chi connectivity index (χ0) is 17.9. The number of halogens is 1. The third-order valence-corrected chi connectivity index (χ3v) is 6.72. The Balaban J connectivity index is 1.88. The van der Waals surface area contributed by atoms with Gasteiger partial charge in [0.1, 0.15) is 5.83 Å². The summed E-state index contributed by atoms with van der Waals surface area (Å²) in [7, 11) is -0.353. The topological polar surface area (TPSA) is 43.8 Å². The van der Waals surface area contributed by atoms with Crippen LogP contribution in [-0.2, 0) is 0 Å². The maximum Gasteiger partial charge on any atom is 0.320 e. The van der Waals surface area contributed by atoms with Crippen LogP contribution in [0.5, 0.6) is 0 Å². The molecule has 0 bridgehead atoms. The van der Waals surface area contributed by atoms with E-state index >= 15 is 0 Å². The standard InChI is InChI=1S/C18H27FN2O2S/c1-14(19)5-6-15(2)24(4)16-7-10-21(13-16)17(22)20-11-8-18(3,23)9-12-20/h5-6,16,23H,1-2,4,7-13H2,3H3/b6-5-. The van der Waals surface area contributed by atoms with E-state index in [1.54, 1.807) is 6.08 Å². The average molecular weight is 354 g/mol. The van der Waals surface area contributed by atoms with E-state index in [0.29, 0.717) is 39.0 Å². The molecule has 0 saturated carbocycles. The minimum atomic E-state index is -0.658. The van der Waals surface area contributed by atoms with Gasteiger partial charge in [-0.05, 0) is 43.2 Å². The van der Waals surface area contributed by atoms with E-state index in [1.165, 1.54) is 6.08 Å². The smallest absolute Gasteiger partial charge is 0.320 e. The summed E-state index contributed by atoms with van der Waals surface area (Å²) < 4.78 is 12.7. The Morgan fingerprint density at radius 1 is 1.25 bits per heavy atom. The lowest BCUT2D eigenvalue weighted by Gasteiger charge is -2.37. The molecule has 2 amide bonds. The van der Waals surface area contributed by atoms with E-state index in [9.17, 15) is 14.3 Å². The van der Waals surface area contributed by atoms with Gasteiger partial charge in [0.25, 0.3) is 0 Å². The SMILES string of the molecule is C=C(F)/C=C\C(=C)S(=C)C1CCN(C(=O)N2CCC(C)(O)CC2)C1. The fraction of sp³-hybridized carbons (Fsp3) is 0.556. The van der Waals surface area contributed by atoms with Crippen molar-refractivity contribution >= 4 is 22.4 Å². The highest BCUT2D eigenvalue weighted by atomic mass is 32.2. The fourth-order valence-corrected chi connectivity index (χ4v) is 4.42. The molecule has 2 heterocycles. The van der Waals surface area contributed by atoms with Gasteiger partial charge >= 0.3 is 6.03 Å². The lowest BCUT2D eigenvalue weighted by Crippen LogP contribution is -2.49. The van der Waals surface area contributed by atoms with E-state index in [1.807, 2.05) is 16.7 Å². The molecule has 2 fully saturated rings. The second-order valence-corrected chi connectivity index (χ2v) is 8.85. The Morgan fingerprint density at radius 3 is 2.46 bits per heavy atom. The summed E-state index contributed by atoms with van der Waals surface area (Å²) in [6.45, 7) is 11.5. The fourth-order valence-electron chi connectivity index (χ4n) is 3.00. The van der Waals surface area contributed by atoms with E-state index in [-0.39, 0.29) is 21.8 Å². The van der Waals surface area contributed by atoms with Crippen LogP contribution in [0.15, 0.2) is 36.0 Å². The lowest BCUT2D eigenvalue weighted by atomic mass is 9.94. The molecule has 2 aliphatic rings. The molecule has 24 heavy (non-hydrogen) atoms. The summed E-state index contributed by atoms with van der Waals surface area (Å²) in [6, 6.07) is 0.0447. The van der Waals surface area contributed by atoms with Crippen molar-refractivity contribution in [3.63, 3.8) is 0 Å². The Bertz CT molecular complexity index is 576. The molecule has 0 aromatic heterocycles. The molecule has 2 rings (SSSR count).